The highest BCUT2D eigenvalue weighted by Gasteiger charge is 2.15. The monoisotopic (exact) mass is 281 g/mol. The maximum atomic E-state index is 12.2. The van der Waals surface area contributed by atoms with Crippen molar-refractivity contribution in [2.24, 2.45) is 0 Å². The van der Waals surface area contributed by atoms with Crippen LogP contribution in [0.2, 0.25) is 0 Å². The Bertz CT molecular complexity index is 637. The van der Waals surface area contributed by atoms with Gasteiger partial charge in [-0.3, -0.25) is 4.79 Å². The molecular formula is C18H19NO2. The van der Waals surface area contributed by atoms with Gasteiger partial charge in [0.2, 0.25) is 0 Å². The van der Waals surface area contributed by atoms with Crippen molar-refractivity contribution in [3.63, 3.8) is 0 Å². The van der Waals surface area contributed by atoms with Crippen molar-refractivity contribution in [2.45, 2.75) is 25.4 Å². The third-order valence-electron chi connectivity index (χ3n) is 4.00. The fourth-order valence-corrected chi connectivity index (χ4v) is 2.80. The molecule has 1 aliphatic carbocycles. The van der Waals surface area contributed by atoms with E-state index in [1.165, 1.54) is 17.5 Å². The predicted molar refractivity (Wildman–Crippen MR) is 82.2 cm³/mol. The number of nitrogens with one attached hydrogen (secondary N) is 1. The molecule has 0 aliphatic heterocycles. The fourth-order valence-electron chi connectivity index (χ4n) is 2.80. The van der Waals surface area contributed by atoms with Gasteiger partial charge in [0.1, 0.15) is 0 Å². The fraction of sp³-hybridized carbons (Fsp3) is 0.278. The van der Waals surface area contributed by atoms with Crippen LogP contribution in [0.4, 0.5) is 0 Å². The van der Waals surface area contributed by atoms with Crippen LogP contribution in [0.1, 0.15) is 39.6 Å². The lowest BCUT2D eigenvalue weighted by Gasteiger charge is -2.12. The third-order valence-corrected chi connectivity index (χ3v) is 4.00. The van der Waals surface area contributed by atoms with E-state index in [0.717, 1.165) is 18.4 Å². The Kier molecular flexibility index (Phi) is 4.02. The first kappa shape index (κ1) is 13.8. The molecule has 0 aromatic heterocycles. The number of rotatable bonds is 4. The van der Waals surface area contributed by atoms with E-state index in [1.54, 1.807) is 0 Å². The summed E-state index contributed by atoms with van der Waals surface area (Å²) in [6.07, 6.45) is 2.67. The van der Waals surface area contributed by atoms with E-state index in [-0.39, 0.29) is 12.5 Å². The van der Waals surface area contributed by atoms with Gasteiger partial charge in [-0.15, -0.1) is 0 Å². The molecule has 0 saturated carbocycles. The highest BCUT2D eigenvalue weighted by molar-refractivity contribution is 5.94. The number of benzene rings is 2. The van der Waals surface area contributed by atoms with Gasteiger partial charge in [-0.1, -0.05) is 36.4 Å². The Morgan fingerprint density at radius 1 is 1.10 bits per heavy atom. The number of carbonyl (C=O) groups is 1. The number of hydrogen-bond acceptors (Lipinski definition) is 2. The molecule has 0 fully saturated rings. The van der Waals surface area contributed by atoms with Gasteiger partial charge in [0.05, 0.1) is 6.10 Å². The van der Waals surface area contributed by atoms with E-state index in [0.29, 0.717) is 5.56 Å². The summed E-state index contributed by atoms with van der Waals surface area (Å²) in [4.78, 5) is 12.2. The quantitative estimate of drug-likeness (QED) is 0.905. The van der Waals surface area contributed by atoms with Crippen LogP contribution >= 0.6 is 0 Å². The summed E-state index contributed by atoms with van der Waals surface area (Å²) in [5.74, 6) is -0.125. The predicted octanol–water partition coefficient (Wildman–Crippen LogP) is 2.64. The normalized spacial score (nSPS) is 14.5. The topological polar surface area (TPSA) is 49.3 Å². The zero-order valence-electron chi connectivity index (χ0n) is 11.9. The lowest BCUT2D eigenvalue weighted by Crippen LogP contribution is -2.28. The Balaban J connectivity index is 1.62. The minimum absolute atomic E-state index is 0.125. The molecule has 0 saturated heterocycles. The second kappa shape index (κ2) is 6.10. The standard InChI is InChI=1S/C18H19NO2/c20-17(14-5-2-1-3-6-14)12-19-18(21)16-10-9-13-7-4-8-15(13)11-16/h1-3,5-6,9-11,17,20H,4,7-8,12H2,(H,19,21)/t17-/m1/s1. The smallest absolute Gasteiger partial charge is 0.251 e. The summed E-state index contributed by atoms with van der Waals surface area (Å²) in [6.45, 7) is 0.222. The molecule has 3 rings (SSSR count). The van der Waals surface area contributed by atoms with Crippen LogP contribution in [0.3, 0.4) is 0 Å². The lowest BCUT2D eigenvalue weighted by atomic mass is 10.1. The number of amides is 1. The number of aliphatic hydroxyl groups is 1. The molecule has 2 aromatic carbocycles. The van der Waals surface area contributed by atoms with Gasteiger partial charge in [0.15, 0.2) is 0 Å². The Hall–Kier alpha value is -2.13. The second-order valence-corrected chi connectivity index (χ2v) is 5.47. The summed E-state index contributed by atoms with van der Waals surface area (Å²) in [5.41, 5.74) is 4.13. The van der Waals surface area contributed by atoms with Crippen LogP contribution in [-0.4, -0.2) is 17.6 Å². The molecule has 0 bridgehead atoms. The lowest BCUT2D eigenvalue weighted by molar-refractivity contribution is 0.0916. The summed E-state index contributed by atoms with van der Waals surface area (Å²) in [7, 11) is 0. The summed E-state index contributed by atoms with van der Waals surface area (Å²) >= 11 is 0. The zero-order valence-corrected chi connectivity index (χ0v) is 11.9. The molecule has 2 N–H and O–H groups in total. The van der Waals surface area contributed by atoms with Crippen LogP contribution in [0.25, 0.3) is 0 Å². The van der Waals surface area contributed by atoms with Gasteiger partial charge in [0, 0.05) is 12.1 Å². The van der Waals surface area contributed by atoms with Crippen LogP contribution in [0.5, 0.6) is 0 Å². The molecule has 0 heterocycles. The van der Waals surface area contributed by atoms with Crippen LogP contribution in [0, 0.1) is 0 Å². The molecule has 0 spiro atoms. The molecule has 1 atom stereocenters. The van der Waals surface area contributed by atoms with Crippen molar-refractivity contribution in [1.82, 2.24) is 5.32 Å². The van der Waals surface area contributed by atoms with E-state index in [2.05, 4.69) is 5.32 Å². The summed E-state index contributed by atoms with van der Waals surface area (Å²) in [5, 5.41) is 12.9. The number of aryl methyl sites for hydroxylation is 2. The Morgan fingerprint density at radius 2 is 1.86 bits per heavy atom. The maximum absolute atomic E-state index is 12.2. The van der Waals surface area contributed by atoms with E-state index in [4.69, 9.17) is 0 Å². The first-order chi connectivity index (χ1) is 10.2. The number of hydrogen-bond donors (Lipinski definition) is 2. The Morgan fingerprint density at radius 3 is 2.67 bits per heavy atom. The van der Waals surface area contributed by atoms with Crippen LogP contribution < -0.4 is 5.32 Å². The van der Waals surface area contributed by atoms with Crippen LogP contribution in [0.15, 0.2) is 48.5 Å². The van der Waals surface area contributed by atoms with E-state index >= 15 is 0 Å². The van der Waals surface area contributed by atoms with Gasteiger partial charge < -0.3 is 10.4 Å². The van der Waals surface area contributed by atoms with Gasteiger partial charge >= 0.3 is 0 Å². The SMILES string of the molecule is O=C(NC[C@@H](O)c1ccccc1)c1ccc2c(c1)CCC2. The average molecular weight is 281 g/mol. The summed E-state index contributed by atoms with van der Waals surface area (Å²) < 4.78 is 0. The zero-order chi connectivity index (χ0) is 14.7. The van der Waals surface area contributed by atoms with Crippen molar-refractivity contribution in [3.8, 4) is 0 Å². The summed E-state index contributed by atoms with van der Waals surface area (Å²) in [6, 6.07) is 15.3. The maximum Gasteiger partial charge on any atom is 0.251 e. The molecule has 1 amide bonds. The van der Waals surface area contributed by atoms with E-state index in [9.17, 15) is 9.90 Å². The molecule has 3 heteroatoms. The number of carbonyl (C=O) groups excluding carboxylic acids is 1. The molecule has 0 unspecified atom stereocenters. The largest absolute Gasteiger partial charge is 0.387 e. The molecule has 0 radical (unpaired) electrons. The highest BCUT2D eigenvalue weighted by Crippen LogP contribution is 2.22. The molecular weight excluding hydrogens is 262 g/mol. The third kappa shape index (κ3) is 3.14. The van der Waals surface area contributed by atoms with Gasteiger partial charge in [-0.05, 0) is 48.1 Å². The molecule has 108 valence electrons. The first-order valence-corrected chi connectivity index (χ1v) is 7.37. The van der Waals surface area contributed by atoms with Crippen molar-refractivity contribution in [1.29, 1.82) is 0 Å². The minimum Gasteiger partial charge on any atom is -0.387 e. The second-order valence-electron chi connectivity index (χ2n) is 5.47. The van der Waals surface area contributed by atoms with E-state index in [1.807, 2.05) is 48.5 Å². The van der Waals surface area contributed by atoms with Crippen molar-refractivity contribution < 1.29 is 9.90 Å². The van der Waals surface area contributed by atoms with Gasteiger partial charge in [-0.2, -0.15) is 0 Å². The Labute approximate surface area is 124 Å². The highest BCUT2D eigenvalue weighted by atomic mass is 16.3. The molecule has 3 nitrogen and oxygen atoms in total. The molecule has 21 heavy (non-hydrogen) atoms. The number of fused-ring (bicyclic) bond motifs is 1. The van der Waals surface area contributed by atoms with Crippen molar-refractivity contribution >= 4 is 5.91 Å². The first-order valence-electron chi connectivity index (χ1n) is 7.37. The molecule has 1 aliphatic rings. The van der Waals surface area contributed by atoms with Crippen molar-refractivity contribution in [2.75, 3.05) is 6.54 Å². The van der Waals surface area contributed by atoms with E-state index < -0.39 is 6.10 Å². The van der Waals surface area contributed by atoms with Crippen molar-refractivity contribution in [3.05, 3.63) is 70.8 Å². The van der Waals surface area contributed by atoms with Crippen LogP contribution in [-0.2, 0) is 12.8 Å². The molecule has 2 aromatic rings. The number of aliphatic hydroxyl groups excluding tert-OH is 1. The average Bonchev–Trinajstić information content (AvgIpc) is 3.00. The van der Waals surface area contributed by atoms with Gasteiger partial charge in [0.25, 0.3) is 5.91 Å². The minimum atomic E-state index is -0.676. The van der Waals surface area contributed by atoms with Gasteiger partial charge in [-0.25, -0.2) is 0 Å².